The van der Waals surface area contributed by atoms with Crippen LogP contribution in [0.4, 0.5) is 0 Å². The Morgan fingerprint density at radius 3 is 2.00 bits per heavy atom. The average molecular weight is 173 g/mol. The average Bonchev–Trinajstić information content (AvgIpc) is 2.10. The van der Waals surface area contributed by atoms with Crippen LogP contribution >= 0.6 is 0 Å². The Bertz CT molecular complexity index is 162. The predicted molar refractivity (Wildman–Crippen MR) is 40.1 cm³/mol. The minimum absolute atomic E-state index is 0.910. The number of hydrogen-bond donors (Lipinski definition) is 0. The van der Waals surface area contributed by atoms with Crippen molar-refractivity contribution in [2.45, 2.75) is 0 Å². The summed E-state index contributed by atoms with van der Waals surface area (Å²) in [5, 5.41) is 3.19. The number of hydrogen-bond acceptors (Lipinski definition) is 1. The SMILES string of the molecule is COc1ccccc1.[CH2]=[V]. The van der Waals surface area contributed by atoms with E-state index in [0.29, 0.717) is 0 Å². The van der Waals surface area contributed by atoms with E-state index in [1.807, 2.05) is 30.3 Å². The van der Waals surface area contributed by atoms with E-state index in [2.05, 4.69) is 22.2 Å². The first-order valence-corrected chi connectivity index (χ1v) is 3.83. The molecule has 1 aromatic rings. The van der Waals surface area contributed by atoms with Crippen LogP contribution in [-0.4, -0.2) is 12.3 Å². The maximum atomic E-state index is 4.91. The standard InChI is InChI=1S/C7H8O.CH2.V/c1-8-7-5-3-2-4-6-7;;/h2-6H,1H3;1H2;. The van der Waals surface area contributed by atoms with Crippen LogP contribution in [0.15, 0.2) is 30.3 Å². The van der Waals surface area contributed by atoms with Crippen molar-refractivity contribution >= 4 is 5.23 Å². The van der Waals surface area contributed by atoms with Crippen molar-refractivity contribution in [2.24, 2.45) is 0 Å². The van der Waals surface area contributed by atoms with Gasteiger partial charge in [0.1, 0.15) is 5.75 Å². The second-order valence-electron chi connectivity index (χ2n) is 1.52. The van der Waals surface area contributed by atoms with Gasteiger partial charge in [-0.3, -0.25) is 0 Å². The van der Waals surface area contributed by atoms with Crippen LogP contribution in [0.25, 0.3) is 0 Å². The summed E-state index contributed by atoms with van der Waals surface area (Å²) >= 11 is 2.06. The molecule has 0 fully saturated rings. The van der Waals surface area contributed by atoms with Gasteiger partial charge in [-0.15, -0.1) is 0 Å². The second kappa shape index (κ2) is 6.59. The summed E-state index contributed by atoms with van der Waals surface area (Å²) in [5.41, 5.74) is 0. The van der Waals surface area contributed by atoms with E-state index in [-0.39, 0.29) is 0 Å². The molecule has 0 heterocycles. The topological polar surface area (TPSA) is 9.23 Å². The molecule has 0 bridgehead atoms. The van der Waals surface area contributed by atoms with Gasteiger partial charge in [0.15, 0.2) is 0 Å². The third-order valence-corrected chi connectivity index (χ3v) is 0.979. The molecular weight excluding hydrogens is 163 g/mol. The molecule has 0 saturated heterocycles. The molecule has 0 aliphatic carbocycles. The minimum atomic E-state index is 0.910. The fourth-order valence-electron chi connectivity index (χ4n) is 0.557. The summed E-state index contributed by atoms with van der Waals surface area (Å²) in [6.45, 7) is 0. The Morgan fingerprint density at radius 1 is 1.20 bits per heavy atom. The molecule has 0 N–H and O–H groups in total. The van der Waals surface area contributed by atoms with Crippen molar-refractivity contribution < 1.29 is 21.7 Å². The normalized spacial score (nSPS) is 7.20. The van der Waals surface area contributed by atoms with Gasteiger partial charge in [-0.25, -0.2) is 0 Å². The van der Waals surface area contributed by atoms with E-state index in [9.17, 15) is 0 Å². The zero-order valence-corrected chi connectivity index (χ0v) is 7.35. The van der Waals surface area contributed by atoms with Gasteiger partial charge in [-0.05, 0) is 12.1 Å². The molecule has 1 nitrogen and oxygen atoms in total. The van der Waals surface area contributed by atoms with Gasteiger partial charge in [0.25, 0.3) is 0 Å². The van der Waals surface area contributed by atoms with E-state index in [1.165, 1.54) is 0 Å². The monoisotopic (exact) mass is 173 g/mol. The summed E-state index contributed by atoms with van der Waals surface area (Å²) in [6.07, 6.45) is 0. The Labute approximate surface area is 70.5 Å². The van der Waals surface area contributed by atoms with Crippen LogP contribution < -0.4 is 4.74 Å². The molecule has 0 unspecified atom stereocenters. The van der Waals surface area contributed by atoms with Crippen molar-refractivity contribution in [1.82, 2.24) is 0 Å². The van der Waals surface area contributed by atoms with Crippen LogP contribution in [0.3, 0.4) is 0 Å². The summed E-state index contributed by atoms with van der Waals surface area (Å²) < 4.78 is 4.91. The Kier molecular flexibility index (Phi) is 6.25. The van der Waals surface area contributed by atoms with Crippen LogP contribution in [-0.2, 0) is 17.0 Å². The van der Waals surface area contributed by atoms with Gasteiger partial charge in [-0.1, -0.05) is 18.2 Å². The molecule has 1 rings (SSSR count). The molecule has 0 atom stereocenters. The zero-order valence-electron chi connectivity index (χ0n) is 5.95. The molecule has 2 heteroatoms. The van der Waals surface area contributed by atoms with E-state index in [1.54, 1.807) is 7.11 Å². The first kappa shape index (κ1) is 9.47. The summed E-state index contributed by atoms with van der Waals surface area (Å²) in [7, 11) is 1.66. The van der Waals surface area contributed by atoms with Crippen molar-refractivity contribution in [3.63, 3.8) is 0 Å². The van der Waals surface area contributed by atoms with Crippen molar-refractivity contribution in [1.29, 1.82) is 0 Å². The second-order valence-corrected chi connectivity index (χ2v) is 1.52. The Hall–Kier alpha value is -0.526. The maximum absolute atomic E-state index is 4.91. The molecule has 53 valence electrons. The number of rotatable bonds is 1. The van der Waals surface area contributed by atoms with E-state index in [4.69, 9.17) is 4.74 Å². The quantitative estimate of drug-likeness (QED) is 0.627. The summed E-state index contributed by atoms with van der Waals surface area (Å²) in [4.78, 5) is 0. The molecule has 0 aromatic heterocycles. The molecule has 0 amide bonds. The molecule has 0 radical (unpaired) electrons. The van der Waals surface area contributed by atoms with Gasteiger partial charge in [0, 0.05) is 0 Å². The third kappa shape index (κ3) is 3.49. The molecular formula is C8H10OV. The number of benzene rings is 1. The summed E-state index contributed by atoms with van der Waals surface area (Å²) in [6, 6.07) is 9.68. The first-order valence-electron chi connectivity index (χ1n) is 2.84. The third-order valence-electron chi connectivity index (χ3n) is 0.979. The Balaban J connectivity index is 0.000000371. The van der Waals surface area contributed by atoms with Crippen LogP contribution in [0, 0.1) is 0 Å². The summed E-state index contributed by atoms with van der Waals surface area (Å²) in [5.74, 6) is 0.910. The van der Waals surface area contributed by atoms with Gasteiger partial charge < -0.3 is 4.74 Å². The van der Waals surface area contributed by atoms with E-state index < -0.39 is 0 Å². The van der Waals surface area contributed by atoms with Crippen molar-refractivity contribution in [3.05, 3.63) is 30.3 Å². The predicted octanol–water partition coefficient (Wildman–Crippen LogP) is 1.66. The fourth-order valence-corrected chi connectivity index (χ4v) is 0.557. The molecule has 0 saturated carbocycles. The van der Waals surface area contributed by atoms with E-state index in [0.717, 1.165) is 5.75 Å². The molecule has 0 aliphatic rings. The van der Waals surface area contributed by atoms with Crippen molar-refractivity contribution in [2.75, 3.05) is 7.11 Å². The molecule has 0 spiro atoms. The van der Waals surface area contributed by atoms with Gasteiger partial charge in [0.2, 0.25) is 0 Å². The number of para-hydroxylation sites is 1. The number of methoxy groups -OCH3 is 1. The van der Waals surface area contributed by atoms with Gasteiger partial charge >= 0.3 is 22.2 Å². The van der Waals surface area contributed by atoms with Gasteiger partial charge in [0.05, 0.1) is 7.11 Å². The van der Waals surface area contributed by atoms with Crippen LogP contribution in [0.1, 0.15) is 0 Å². The molecule has 1 aromatic carbocycles. The molecule has 10 heavy (non-hydrogen) atoms. The van der Waals surface area contributed by atoms with Gasteiger partial charge in [-0.2, -0.15) is 0 Å². The first-order chi connectivity index (χ1) is 4.93. The number of ether oxygens (including phenoxy) is 1. The molecule has 0 aliphatic heterocycles. The van der Waals surface area contributed by atoms with Crippen LogP contribution in [0.5, 0.6) is 5.75 Å². The van der Waals surface area contributed by atoms with Crippen molar-refractivity contribution in [3.8, 4) is 5.75 Å². The Morgan fingerprint density at radius 2 is 1.70 bits per heavy atom. The zero-order chi connectivity index (χ0) is 7.82. The fraction of sp³-hybridized carbons (Fsp3) is 0.125. The van der Waals surface area contributed by atoms with E-state index >= 15 is 0 Å². The van der Waals surface area contributed by atoms with Crippen LogP contribution in [0.2, 0.25) is 0 Å².